The Bertz CT molecular complexity index is 511. The summed E-state index contributed by atoms with van der Waals surface area (Å²) >= 11 is 0. The van der Waals surface area contributed by atoms with Gasteiger partial charge < -0.3 is 10.0 Å². The monoisotopic (exact) mass is 273 g/mol. The van der Waals surface area contributed by atoms with Crippen LogP contribution in [0.15, 0.2) is 18.2 Å². The van der Waals surface area contributed by atoms with Crippen molar-refractivity contribution in [1.29, 1.82) is 0 Å². The summed E-state index contributed by atoms with van der Waals surface area (Å²) in [6.45, 7) is 4.87. The number of amides is 1. The Morgan fingerprint density at radius 2 is 2.15 bits per heavy atom. The first-order valence-electron chi connectivity index (χ1n) is 7.06. The molecular weight excluding hydrogens is 250 g/mol. The predicted molar refractivity (Wildman–Crippen MR) is 81.6 cm³/mol. The van der Waals surface area contributed by atoms with E-state index in [0.717, 1.165) is 30.5 Å². The third-order valence-electron chi connectivity index (χ3n) is 3.22. The summed E-state index contributed by atoms with van der Waals surface area (Å²) in [4.78, 5) is 14.2. The summed E-state index contributed by atoms with van der Waals surface area (Å²) in [6, 6.07) is 5.61. The molecule has 0 atom stereocenters. The lowest BCUT2D eigenvalue weighted by molar-refractivity contribution is 0.0792. The normalized spacial score (nSPS) is 9.80. The highest BCUT2D eigenvalue weighted by Crippen LogP contribution is 2.15. The van der Waals surface area contributed by atoms with Crippen molar-refractivity contribution in [3.63, 3.8) is 0 Å². The van der Waals surface area contributed by atoms with Gasteiger partial charge in [0.15, 0.2) is 0 Å². The molecule has 0 radical (unpaired) electrons. The molecule has 20 heavy (non-hydrogen) atoms. The summed E-state index contributed by atoms with van der Waals surface area (Å²) in [5.41, 5.74) is 2.47. The van der Waals surface area contributed by atoms with Gasteiger partial charge in [-0.15, -0.1) is 0 Å². The van der Waals surface area contributed by atoms with Gasteiger partial charge in [0.05, 0.1) is 6.61 Å². The standard InChI is InChI=1S/C17H23NO2/c1-4-5-12-18(3)17(20)16-11-8-10-15(14(16)2)9-6-7-13-19/h8,10-11,19H,4-5,7,12-13H2,1-3H3. The molecule has 0 aliphatic heterocycles. The number of hydrogen-bond donors (Lipinski definition) is 1. The Hall–Kier alpha value is -1.79. The highest BCUT2D eigenvalue weighted by Gasteiger charge is 2.14. The molecule has 1 aromatic rings. The zero-order valence-corrected chi connectivity index (χ0v) is 12.6. The van der Waals surface area contributed by atoms with E-state index in [9.17, 15) is 4.79 Å². The first kappa shape index (κ1) is 16.3. The molecule has 1 aromatic carbocycles. The van der Waals surface area contributed by atoms with Crippen LogP contribution in [0.1, 0.15) is 47.7 Å². The van der Waals surface area contributed by atoms with Crippen molar-refractivity contribution in [3.8, 4) is 11.8 Å². The maximum Gasteiger partial charge on any atom is 0.253 e. The number of rotatable bonds is 5. The van der Waals surface area contributed by atoms with Gasteiger partial charge in [0.1, 0.15) is 0 Å². The van der Waals surface area contributed by atoms with Crippen molar-refractivity contribution in [2.24, 2.45) is 0 Å². The van der Waals surface area contributed by atoms with E-state index < -0.39 is 0 Å². The Balaban J connectivity index is 2.94. The van der Waals surface area contributed by atoms with Gasteiger partial charge in [-0.25, -0.2) is 0 Å². The highest BCUT2D eigenvalue weighted by atomic mass is 16.2. The summed E-state index contributed by atoms with van der Waals surface area (Å²) in [5, 5.41) is 8.75. The number of aliphatic hydroxyl groups is 1. The van der Waals surface area contributed by atoms with Gasteiger partial charge in [-0.05, 0) is 31.0 Å². The van der Waals surface area contributed by atoms with E-state index in [-0.39, 0.29) is 12.5 Å². The maximum absolute atomic E-state index is 12.4. The molecule has 0 saturated carbocycles. The maximum atomic E-state index is 12.4. The van der Waals surface area contributed by atoms with Crippen LogP contribution in [0.25, 0.3) is 0 Å². The zero-order chi connectivity index (χ0) is 15.0. The fraction of sp³-hybridized carbons (Fsp3) is 0.471. The predicted octanol–water partition coefficient (Wildman–Crippen LogP) is 2.60. The van der Waals surface area contributed by atoms with Gasteiger partial charge in [0.25, 0.3) is 5.91 Å². The number of aliphatic hydroxyl groups excluding tert-OH is 1. The van der Waals surface area contributed by atoms with Crippen LogP contribution >= 0.6 is 0 Å². The smallest absolute Gasteiger partial charge is 0.253 e. The first-order chi connectivity index (χ1) is 9.61. The van der Waals surface area contributed by atoms with Gasteiger partial charge in [-0.1, -0.05) is 31.3 Å². The molecular formula is C17H23NO2. The average Bonchev–Trinajstić information content (AvgIpc) is 2.46. The van der Waals surface area contributed by atoms with Crippen molar-refractivity contribution in [2.75, 3.05) is 20.2 Å². The lowest BCUT2D eigenvalue weighted by Gasteiger charge is -2.18. The Morgan fingerprint density at radius 1 is 1.40 bits per heavy atom. The highest BCUT2D eigenvalue weighted by molar-refractivity contribution is 5.96. The molecule has 0 saturated heterocycles. The van der Waals surface area contributed by atoms with E-state index in [2.05, 4.69) is 18.8 Å². The molecule has 0 fully saturated rings. The third kappa shape index (κ3) is 4.40. The molecule has 3 nitrogen and oxygen atoms in total. The molecule has 108 valence electrons. The van der Waals surface area contributed by atoms with Crippen LogP contribution in [0, 0.1) is 18.8 Å². The van der Waals surface area contributed by atoms with Gasteiger partial charge in [-0.2, -0.15) is 0 Å². The van der Waals surface area contributed by atoms with Crippen molar-refractivity contribution in [3.05, 3.63) is 34.9 Å². The van der Waals surface area contributed by atoms with Crippen molar-refractivity contribution < 1.29 is 9.90 Å². The Morgan fingerprint density at radius 3 is 2.80 bits per heavy atom. The van der Waals surface area contributed by atoms with Crippen LogP contribution in [0.4, 0.5) is 0 Å². The fourth-order valence-corrected chi connectivity index (χ4v) is 1.92. The lowest BCUT2D eigenvalue weighted by Crippen LogP contribution is -2.28. The summed E-state index contributed by atoms with van der Waals surface area (Å²) in [7, 11) is 1.83. The second-order valence-corrected chi connectivity index (χ2v) is 4.83. The molecule has 0 heterocycles. The second kappa shape index (κ2) is 8.39. The molecule has 1 amide bonds. The van der Waals surface area contributed by atoms with Crippen molar-refractivity contribution in [2.45, 2.75) is 33.1 Å². The van der Waals surface area contributed by atoms with Gasteiger partial charge >= 0.3 is 0 Å². The van der Waals surface area contributed by atoms with E-state index in [0.29, 0.717) is 12.0 Å². The third-order valence-corrected chi connectivity index (χ3v) is 3.22. The Labute approximate surface area is 121 Å². The fourth-order valence-electron chi connectivity index (χ4n) is 1.92. The van der Waals surface area contributed by atoms with E-state index >= 15 is 0 Å². The summed E-state index contributed by atoms with van der Waals surface area (Å²) in [5.74, 6) is 5.95. The van der Waals surface area contributed by atoms with E-state index in [1.165, 1.54) is 0 Å². The van der Waals surface area contributed by atoms with Gasteiger partial charge in [-0.3, -0.25) is 4.79 Å². The van der Waals surface area contributed by atoms with Crippen molar-refractivity contribution in [1.82, 2.24) is 4.90 Å². The van der Waals surface area contributed by atoms with Gasteiger partial charge in [0, 0.05) is 31.1 Å². The molecule has 0 aromatic heterocycles. The number of carbonyl (C=O) groups is 1. The van der Waals surface area contributed by atoms with Crippen LogP contribution < -0.4 is 0 Å². The molecule has 0 unspecified atom stereocenters. The molecule has 0 spiro atoms. The van der Waals surface area contributed by atoms with Crippen LogP contribution in [0.3, 0.4) is 0 Å². The van der Waals surface area contributed by atoms with E-state index in [1.54, 1.807) is 4.90 Å². The molecule has 0 aliphatic carbocycles. The number of hydrogen-bond acceptors (Lipinski definition) is 2. The largest absolute Gasteiger partial charge is 0.395 e. The molecule has 0 bridgehead atoms. The SMILES string of the molecule is CCCCN(C)C(=O)c1cccc(C#CCCO)c1C. The van der Waals surface area contributed by atoms with Crippen LogP contribution in [0.2, 0.25) is 0 Å². The minimum atomic E-state index is 0.0433. The molecule has 0 aliphatic rings. The molecule has 1 N–H and O–H groups in total. The topological polar surface area (TPSA) is 40.5 Å². The lowest BCUT2D eigenvalue weighted by atomic mass is 10.0. The van der Waals surface area contributed by atoms with E-state index in [1.807, 2.05) is 32.2 Å². The minimum absolute atomic E-state index is 0.0433. The minimum Gasteiger partial charge on any atom is -0.395 e. The second-order valence-electron chi connectivity index (χ2n) is 4.83. The zero-order valence-electron chi connectivity index (χ0n) is 12.6. The van der Waals surface area contributed by atoms with Crippen LogP contribution in [-0.2, 0) is 0 Å². The number of unbranched alkanes of at least 4 members (excludes halogenated alkanes) is 1. The molecule has 3 heteroatoms. The average molecular weight is 273 g/mol. The van der Waals surface area contributed by atoms with Crippen LogP contribution in [-0.4, -0.2) is 36.1 Å². The summed E-state index contributed by atoms with van der Waals surface area (Å²) < 4.78 is 0. The quantitative estimate of drug-likeness (QED) is 0.838. The first-order valence-corrected chi connectivity index (χ1v) is 7.06. The van der Waals surface area contributed by atoms with Crippen molar-refractivity contribution >= 4 is 5.91 Å². The Kier molecular flexibility index (Phi) is 6.83. The number of benzene rings is 1. The number of carbonyl (C=O) groups excluding carboxylic acids is 1. The number of nitrogens with zero attached hydrogens (tertiary/aromatic N) is 1. The van der Waals surface area contributed by atoms with E-state index in [4.69, 9.17) is 5.11 Å². The van der Waals surface area contributed by atoms with Gasteiger partial charge in [0.2, 0.25) is 0 Å². The molecule has 1 rings (SSSR count). The summed E-state index contributed by atoms with van der Waals surface area (Å²) in [6.07, 6.45) is 2.54. The van der Waals surface area contributed by atoms with Crippen LogP contribution in [0.5, 0.6) is 0 Å².